The van der Waals surface area contributed by atoms with Gasteiger partial charge in [0.15, 0.2) is 0 Å². The largest absolute Gasteiger partial charge is 0.496 e. The van der Waals surface area contributed by atoms with Crippen LogP contribution in [0.2, 0.25) is 5.02 Å². The standard InChI is InChI=1S/C18H20ClN3O4/c1-12(13-4-6-14(19)7-5-13)21(2)11-18(23)20-16-9-8-15(26-3)10-17(16)22(24)25/h4-10,12H,11H2,1-3H3,(H,20,23). The molecule has 8 heteroatoms. The molecule has 0 spiro atoms. The summed E-state index contributed by atoms with van der Waals surface area (Å²) in [6, 6.07) is 11.6. The maximum Gasteiger partial charge on any atom is 0.296 e. The zero-order chi connectivity index (χ0) is 19.3. The number of hydrogen-bond acceptors (Lipinski definition) is 5. The number of amides is 1. The highest BCUT2D eigenvalue weighted by atomic mass is 35.5. The molecule has 1 unspecified atom stereocenters. The molecule has 138 valence electrons. The van der Waals surface area contributed by atoms with Crippen LogP contribution in [0.5, 0.6) is 5.75 Å². The van der Waals surface area contributed by atoms with Gasteiger partial charge < -0.3 is 10.1 Å². The van der Waals surface area contributed by atoms with Crippen LogP contribution in [0, 0.1) is 10.1 Å². The number of methoxy groups -OCH3 is 1. The van der Waals surface area contributed by atoms with Gasteiger partial charge in [0.1, 0.15) is 11.4 Å². The van der Waals surface area contributed by atoms with Crippen LogP contribution in [-0.4, -0.2) is 36.4 Å². The summed E-state index contributed by atoms with van der Waals surface area (Å²) >= 11 is 5.89. The average Bonchev–Trinajstić information content (AvgIpc) is 2.61. The van der Waals surface area contributed by atoms with Gasteiger partial charge in [-0.05, 0) is 43.8 Å². The molecule has 1 N–H and O–H groups in total. The monoisotopic (exact) mass is 377 g/mol. The molecular formula is C18H20ClN3O4. The molecule has 1 amide bonds. The molecule has 1 atom stereocenters. The third-order valence-corrected chi connectivity index (χ3v) is 4.33. The minimum absolute atomic E-state index is 0.0242. The van der Waals surface area contributed by atoms with Crippen molar-refractivity contribution in [3.63, 3.8) is 0 Å². The summed E-state index contributed by atoms with van der Waals surface area (Å²) in [5.41, 5.74) is 0.930. The first-order valence-corrected chi connectivity index (χ1v) is 8.27. The number of carbonyl (C=O) groups is 1. The number of halogens is 1. The Hall–Kier alpha value is -2.64. The summed E-state index contributed by atoms with van der Waals surface area (Å²) < 4.78 is 4.98. The molecule has 0 aromatic heterocycles. The van der Waals surface area contributed by atoms with Crippen LogP contribution in [0.25, 0.3) is 0 Å². The summed E-state index contributed by atoms with van der Waals surface area (Å²) in [7, 11) is 3.23. The predicted octanol–water partition coefficient (Wildman–Crippen LogP) is 3.89. The Morgan fingerprint density at radius 1 is 1.31 bits per heavy atom. The second-order valence-corrected chi connectivity index (χ2v) is 6.27. The van der Waals surface area contributed by atoms with Crippen LogP contribution >= 0.6 is 11.6 Å². The van der Waals surface area contributed by atoms with Gasteiger partial charge in [-0.25, -0.2) is 0 Å². The molecule has 0 heterocycles. The van der Waals surface area contributed by atoms with Gasteiger partial charge in [-0.15, -0.1) is 0 Å². The maximum atomic E-state index is 12.3. The van der Waals surface area contributed by atoms with E-state index in [-0.39, 0.29) is 29.9 Å². The number of carbonyl (C=O) groups excluding carboxylic acids is 1. The second kappa shape index (κ2) is 8.64. The zero-order valence-electron chi connectivity index (χ0n) is 14.7. The molecule has 2 aromatic carbocycles. The fourth-order valence-corrected chi connectivity index (χ4v) is 2.57. The van der Waals surface area contributed by atoms with Crippen molar-refractivity contribution in [3.8, 4) is 5.75 Å². The van der Waals surface area contributed by atoms with Crippen molar-refractivity contribution in [2.45, 2.75) is 13.0 Å². The van der Waals surface area contributed by atoms with Crippen molar-refractivity contribution in [3.05, 3.63) is 63.2 Å². The quantitative estimate of drug-likeness (QED) is 0.584. The first kappa shape index (κ1) is 19.7. The summed E-state index contributed by atoms with van der Waals surface area (Å²) in [6.07, 6.45) is 0. The molecule has 2 rings (SSSR count). The lowest BCUT2D eigenvalue weighted by molar-refractivity contribution is -0.384. The Kier molecular flexibility index (Phi) is 6.54. The van der Waals surface area contributed by atoms with Crippen molar-refractivity contribution in [1.29, 1.82) is 0 Å². The van der Waals surface area contributed by atoms with Crippen LogP contribution in [0.3, 0.4) is 0 Å². The van der Waals surface area contributed by atoms with Crippen molar-refractivity contribution >= 4 is 28.9 Å². The highest BCUT2D eigenvalue weighted by Crippen LogP contribution is 2.29. The van der Waals surface area contributed by atoms with Crippen LogP contribution in [0.15, 0.2) is 42.5 Å². The second-order valence-electron chi connectivity index (χ2n) is 5.83. The Balaban J connectivity index is 2.06. The van der Waals surface area contributed by atoms with E-state index in [0.29, 0.717) is 10.8 Å². The van der Waals surface area contributed by atoms with Gasteiger partial charge in [-0.2, -0.15) is 0 Å². The van der Waals surface area contributed by atoms with Crippen LogP contribution in [0.4, 0.5) is 11.4 Å². The minimum atomic E-state index is -0.557. The van der Waals surface area contributed by atoms with Gasteiger partial charge in [0.25, 0.3) is 5.69 Å². The first-order valence-electron chi connectivity index (χ1n) is 7.89. The van der Waals surface area contributed by atoms with Gasteiger partial charge in [0.2, 0.25) is 5.91 Å². The molecule has 0 aliphatic heterocycles. The third kappa shape index (κ3) is 4.93. The number of nitrogens with one attached hydrogen (secondary N) is 1. The highest BCUT2D eigenvalue weighted by Gasteiger charge is 2.19. The number of nitro groups is 1. The molecule has 0 aliphatic carbocycles. The van der Waals surface area contributed by atoms with Crippen LogP contribution < -0.4 is 10.1 Å². The van der Waals surface area contributed by atoms with E-state index < -0.39 is 4.92 Å². The van der Waals surface area contributed by atoms with Crippen molar-refractivity contribution in [1.82, 2.24) is 4.90 Å². The molecule has 26 heavy (non-hydrogen) atoms. The van der Waals surface area contributed by atoms with Gasteiger partial charge >= 0.3 is 0 Å². The number of benzene rings is 2. The maximum absolute atomic E-state index is 12.3. The number of anilines is 1. The smallest absolute Gasteiger partial charge is 0.296 e. The lowest BCUT2D eigenvalue weighted by Gasteiger charge is -2.24. The van der Waals surface area contributed by atoms with E-state index in [2.05, 4.69) is 5.32 Å². The Labute approximate surface area is 156 Å². The minimum Gasteiger partial charge on any atom is -0.496 e. The number of nitrogens with zero attached hydrogens (tertiary/aromatic N) is 2. The Morgan fingerprint density at radius 2 is 1.96 bits per heavy atom. The van der Waals surface area contributed by atoms with E-state index in [1.807, 2.05) is 24.0 Å². The van der Waals surface area contributed by atoms with Gasteiger partial charge in [0.05, 0.1) is 24.6 Å². The number of likely N-dealkylation sites (N-methyl/N-ethyl adjacent to an activating group) is 1. The number of nitro benzene ring substituents is 1. The topological polar surface area (TPSA) is 84.7 Å². The molecule has 2 aromatic rings. The van der Waals surface area contributed by atoms with E-state index in [1.54, 1.807) is 25.2 Å². The Bertz CT molecular complexity index is 796. The molecular weight excluding hydrogens is 358 g/mol. The molecule has 0 fully saturated rings. The van der Waals surface area contributed by atoms with E-state index in [9.17, 15) is 14.9 Å². The lowest BCUT2D eigenvalue weighted by Crippen LogP contribution is -2.32. The van der Waals surface area contributed by atoms with Crippen molar-refractivity contribution in [2.24, 2.45) is 0 Å². The number of ether oxygens (including phenoxy) is 1. The van der Waals surface area contributed by atoms with Crippen LogP contribution in [-0.2, 0) is 4.79 Å². The average molecular weight is 378 g/mol. The fourth-order valence-electron chi connectivity index (χ4n) is 2.44. The molecule has 0 saturated heterocycles. The first-order chi connectivity index (χ1) is 12.3. The van der Waals surface area contributed by atoms with E-state index in [4.69, 9.17) is 16.3 Å². The Morgan fingerprint density at radius 3 is 2.54 bits per heavy atom. The van der Waals surface area contributed by atoms with Crippen LogP contribution in [0.1, 0.15) is 18.5 Å². The number of hydrogen-bond donors (Lipinski definition) is 1. The zero-order valence-corrected chi connectivity index (χ0v) is 15.5. The predicted molar refractivity (Wildman–Crippen MR) is 101 cm³/mol. The van der Waals surface area contributed by atoms with E-state index >= 15 is 0 Å². The molecule has 0 aliphatic rings. The lowest BCUT2D eigenvalue weighted by atomic mass is 10.1. The molecule has 0 bridgehead atoms. The fraction of sp³-hybridized carbons (Fsp3) is 0.278. The summed E-state index contributed by atoms with van der Waals surface area (Å²) in [5.74, 6) is 0.00441. The summed E-state index contributed by atoms with van der Waals surface area (Å²) in [5, 5.41) is 14.4. The molecule has 7 nitrogen and oxygen atoms in total. The highest BCUT2D eigenvalue weighted by molar-refractivity contribution is 6.30. The van der Waals surface area contributed by atoms with Gasteiger partial charge in [0, 0.05) is 11.1 Å². The van der Waals surface area contributed by atoms with E-state index in [1.165, 1.54) is 19.2 Å². The van der Waals surface area contributed by atoms with Gasteiger partial charge in [-0.3, -0.25) is 19.8 Å². The SMILES string of the molecule is COc1ccc(NC(=O)CN(C)C(C)c2ccc(Cl)cc2)c([N+](=O)[O-])c1. The summed E-state index contributed by atoms with van der Waals surface area (Å²) in [6.45, 7) is 2.04. The number of rotatable bonds is 7. The molecule has 0 radical (unpaired) electrons. The summed E-state index contributed by atoms with van der Waals surface area (Å²) in [4.78, 5) is 24.8. The third-order valence-electron chi connectivity index (χ3n) is 4.08. The van der Waals surface area contributed by atoms with Crippen molar-refractivity contribution in [2.75, 3.05) is 26.0 Å². The van der Waals surface area contributed by atoms with Gasteiger partial charge in [-0.1, -0.05) is 23.7 Å². The van der Waals surface area contributed by atoms with Crippen molar-refractivity contribution < 1.29 is 14.5 Å². The molecule has 0 saturated carbocycles. The van der Waals surface area contributed by atoms with E-state index in [0.717, 1.165) is 5.56 Å². The normalized spacial score (nSPS) is 11.9.